The molecule has 0 bridgehead atoms. The highest BCUT2D eigenvalue weighted by Crippen LogP contribution is 2.29. The zero-order valence-corrected chi connectivity index (χ0v) is 11.0. The van der Waals surface area contributed by atoms with E-state index in [-0.39, 0.29) is 5.82 Å². The standard InChI is InChI=1S/C12H15FN4S/c1-18-10-4-3-9(6-10)14-12-15-11-5-2-8(13)7-17(11)16-12/h2,5,7,9-10H,3-4,6H2,1H3,(H,14,16). The molecule has 96 valence electrons. The van der Waals surface area contributed by atoms with Gasteiger partial charge in [0.2, 0.25) is 5.95 Å². The summed E-state index contributed by atoms with van der Waals surface area (Å²) in [6.45, 7) is 0. The van der Waals surface area contributed by atoms with Gasteiger partial charge in [-0.1, -0.05) is 0 Å². The van der Waals surface area contributed by atoms with Gasteiger partial charge in [0.15, 0.2) is 5.65 Å². The van der Waals surface area contributed by atoms with Crippen LogP contribution in [-0.2, 0) is 0 Å². The summed E-state index contributed by atoms with van der Waals surface area (Å²) in [5, 5.41) is 8.30. The summed E-state index contributed by atoms with van der Waals surface area (Å²) in [7, 11) is 0. The van der Waals surface area contributed by atoms with E-state index in [1.807, 2.05) is 11.8 Å². The third-order valence-electron chi connectivity index (χ3n) is 3.35. The number of anilines is 1. The van der Waals surface area contributed by atoms with Crippen LogP contribution >= 0.6 is 11.8 Å². The first kappa shape index (κ1) is 11.8. The highest BCUT2D eigenvalue weighted by atomic mass is 32.2. The monoisotopic (exact) mass is 266 g/mol. The maximum atomic E-state index is 13.0. The number of halogens is 1. The first-order valence-electron chi connectivity index (χ1n) is 6.06. The van der Waals surface area contributed by atoms with Gasteiger partial charge in [0.05, 0.1) is 6.20 Å². The molecule has 2 aromatic rings. The molecule has 3 rings (SSSR count). The Bertz CT molecular complexity index is 556. The number of rotatable bonds is 3. The molecule has 1 aliphatic carbocycles. The smallest absolute Gasteiger partial charge is 0.243 e. The van der Waals surface area contributed by atoms with E-state index in [1.54, 1.807) is 6.07 Å². The molecule has 18 heavy (non-hydrogen) atoms. The molecule has 0 saturated heterocycles. The lowest BCUT2D eigenvalue weighted by molar-refractivity contribution is 0.614. The average Bonchev–Trinajstić information content (AvgIpc) is 2.95. The molecule has 0 spiro atoms. The number of pyridine rings is 1. The third-order valence-corrected chi connectivity index (χ3v) is 4.44. The Kier molecular flexibility index (Phi) is 3.11. The largest absolute Gasteiger partial charge is 0.350 e. The first-order valence-corrected chi connectivity index (χ1v) is 7.34. The molecule has 1 aliphatic rings. The van der Waals surface area contributed by atoms with E-state index in [1.165, 1.54) is 23.2 Å². The number of nitrogens with zero attached hydrogens (tertiary/aromatic N) is 3. The molecule has 1 fully saturated rings. The minimum atomic E-state index is -0.303. The second kappa shape index (κ2) is 4.76. The lowest BCUT2D eigenvalue weighted by Crippen LogP contribution is -2.16. The number of hydrogen-bond donors (Lipinski definition) is 1. The number of hydrogen-bond acceptors (Lipinski definition) is 4. The molecule has 6 heteroatoms. The van der Waals surface area contributed by atoms with E-state index < -0.39 is 0 Å². The molecule has 0 amide bonds. The van der Waals surface area contributed by atoms with Crippen molar-refractivity contribution < 1.29 is 4.39 Å². The second-order valence-corrected chi connectivity index (χ2v) is 5.74. The Morgan fingerprint density at radius 3 is 3.11 bits per heavy atom. The molecule has 1 saturated carbocycles. The normalized spacial score (nSPS) is 23.7. The third kappa shape index (κ3) is 2.29. The molecule has 0 radical (unpaired) electrons. The fourth-order valence-corrected chi connectivity index (χ4v) is 3.18. The van der Waals surface area contributed by atoms with Crippen molar-refractivity contribution in [3.63, 3.8) is 0 Å². The van der Waals surface area contributed by atoms with Gasteiger partial charge in [-0.25, -0.2) is 8.91 Å². The van der Waals surface area contributed by atoms with Crippen molar-refractivity contribution in [3.05, 3.63) is 24.1 Å². The van der Waals surface area contributed by atoms with Crippen LogP contribution < -0.4 is 5.32 Å². The van der Waals surface area contributed by atoms with E-state index in [4.69, 9.17) is 0 Å². The zero-order chi connectivity index (χ0) is 12.5. The predicted molar refractivity (Wildman–Crippen MR) is 71.5 cm³/mol. The van der Waals surface area contributed by atoms with Crippen molar-refractivity contribution in [2.75, 3.05) is 11.6 Å². The maximum absolute atomic E-state index is 13.0. The van der Waals surface area contributed by atoms with E-state index in [0.717, 1.165) is 18.1 Å². The lowest BCUT2D eigenvalue weighted by Gasteiger charge is -2.10. The highest BCUT2D eigenvalue weighted by Gasteiger charge is 2.24. The summed E-state index contributed by atoms with van der Waals surface area (Å²) in [5.41, 5.74) is 0.665. The summed E-state index contributed by atoms with van der Waals surface area (Å²) >= 11 is 1.92. The van der Waals surface area contributed by atoms with Crippen LogP contribution in [0.4, 0.5) is 10.3 Å². The summed E-state index contributed by atoms with van der Waals surface area (Å²) in [5.74, 6) is 0.287. The summed E-state index contributed by atoms with van der Waals surface area (Å²) in [6, 6.07) is 3.46. The zero-order valence-electron chi connectivity index (χ0n) is 10.1. The van der Waals surface area contributed by atoms with Crippen molar-refractivity contribution >= 4 is 23.4 Å². The highest BCUT2D eigenvalue weighted by molar-refractivity contribution is 7.99. The summed E-state index contributed by atoms with van der Waals surface area (Å²) < 4.78 is 14.5. The van der Waals surface area contributed by atoms with Crippen molar-refractivity contribution in [2.24, 2.45) is 0 Å². The van der Waals surface area contributed by atoms with Crippen LogP contribution in [0.3, 0.4) is 0 Å². The van der Waals surface area contributed by atoms with Crippen LogP contribution in [-0.4, -0.2) is 32.1 Å². The van der Waals surface area contributed by atoms with Crippen LogP contribution in [0.25, 0.3) is 5.65 Å². The van der Waals surface area contributed by atoms with Gasteiger partial charge in [-0.05, 0) is 37.7 Å². The fraction of sp³-hybridized carbons (Fsp3) is 0.500. The SMILES string of the molecule is CSC1CCC(Nc2nc3ccc(F)cn3n2)C1. The van der Waals surface area contributed by atoms with E-state index in [2.05, 4.69) is 21.7 Å². The van der Waals surface area contributed by atoms with Crippen LogP contribution in [0.15, 0.2) is 18.3 Å². The van der Waals surface area contributed by atoms with Crippen LogP contribution in [0.5, 0.6) is 0 Å². The Morgan fingerprint density at radius 1 is 1.44 bits per heavy atom. The molecular formula is C12H15FN4S. The molecule has 2 atom stereocenters. The number of thioether (sulfide) groups is 1. The minimum Gasteiger partial charge on any atom is -0.350 e. The van der Waals surface area contributed by atoms with Gasteiger partial charge < -0.3 is 5.32 Å². The van der Waals surface area contributed by atoms with Crippen LogP contribution in [0.2, 0.25) is 0 Å². The molecule has 0 aliphatic heterocycles. The topological polar surface area (TPSA) is 42.2 Å². The van der Waals surface area contributed by atoms with Crippen molar-refractivity contribution in [1.29, 1.82) is 0 Å². The molecular weight excluding hydrogens is 251 g/mol. The Hall–Kier alpha value is -1.30. The predicted octanol–water partition coefficient (Wildman–Crippen LogP) is 2.56. The Balaban J connectivity index is 1.75. The van der Waals surface area contributed by atoms with Gasteiger partial charge >= 0.3 is 0 Å². The number of fused-ring (bicyclic) bond motifs is 1. The molecule has 4 nitrogen and oxygen atoms in total. The molecule has 0 aromatic carbocycles. The molecule has 1 N–H and O–H groups in total. The van der Waals surface area contributed by atoms with Gasteiger partial charge in [-0.15, -0.1) is 5.10 Å². The molecule has 2 heterocycles. The summed E-state index contributed by atoms with van der Waals surface area (Å²) in [6.07, 6.45) is 7.02. The second-order valence-electron chi connectivity index (χ2n) is 4.60. The van der Waals surface area contributed by atoms with Crippen molar-refractivity contribution in [1.82, 2.24) is 14.6 Å². The van der Waals surface area contributed by atoms with Crippen molar-refractivity contribution in [3.8, 4) is 0 Å². The van der Waals surface area contributed by atoms with Gasteiger partial charge in [-0.3, -0.25) is 0 Å². The fourth-order valence-electron chi connectivity index (χ4n) is 2.39. The minimum absolute atomic E-state index is 0.303. The van der Waals surface area contributed by atoms with E-state index >= 15 is 0 Å². The average molecular weight is 266 g/mol. The molecule has 2 aromatic heterocycles. The van der Waals surface area contributed by atoms with Gasteiger partial charge in [0.1, 0.15) is 5.82 Å². The van der Waals surface area contributed by atoms with E-state index in [0.29, 0.717) is 17.6 Å². The van der Waals surface area contributed by atoms with E-state index in [9.17, 15) is 4.39 Å². The van der Waals surface area contributed by atoms with Crippen LogP contribution in [0.1, 0.15) is 19.3 Å². The van der Waals surface area contributed by atoms with Crippen LogP contribution in [0, 0.1) is 5.82 Å². The van der Waals surface area contributed by atoms with Crippen molar-refractivity contribution in [2.45, 2.75) is 30.6 Å². The maximum Gasteiger partial charge on any atom is 0.243 e. The number of nitrogens with one attached hydrogen (secondary N) is 1. The lowest BCUT2D eigenvalue weighted by atomic mass is 10.2. The Labute approximate surface area is 109 Å². The quantitative estimate of drug-likeness (QED) is 0.927. The summed E-state index contributed by atoms with van der Waals surface area (Å²) in [4.78, 5) is 4.34. The molecule has 2 unspecified atom stereocenters. The first-order chi connectivity index (χ1) is 8.74. The number of aromatic nitrogens is 3. The Morgan fingerprint density at radius 2 is 2.33 bits per heavy atom. The van der Waals surface area contributed by atoms with Gasteiger partial charge in [0.25, 0.3) is 0 Å². The van der Waals surface area contributed by atoms with Gasteiger partial charge in [0, 0.05) is 11.3 Å². The van der Waals surface area contributed by atoms with Gasteiger partial charge in [-0.2, -0.15) is 16.7 Å².